The molecule has 1 saturated heterocycles. The molecule has 27 heavy (non-hydrogen) atoms. The number of aromatic nitrogens is 3. The molecule has 4 aromatic rings. The summed E-state index contributed by atoms with van der Waals surface area (Å²) in [6.07, 6.45) is 1.85. The predicted octanol–water partition coefficient (Wildman–Crippen LogP) is 4.43. The maximum atomic E-state index is 12.9. The first-order valence-corrected chi connectivity index (χ1v) is 10.5. The minimum Gasteiger partial charge on any atom is -0.420 e. The summed E-state index contributed by atoms with van der Waals surface area (Å²) < 4.78 is 6.92. The molecule has 0 unspecified atom stereocenters. The van der Waals surface area contributed by atoms with E-state index in [1.807, 2.05) is 46.7 Å². The van der Waals surface area contributed by atoms with Gasteiger partial charge in [-0.15, -0.1) is 32.9 Å². The maximum absolute atomic E-state index is 12.9. The van der Waals surface area contributed by atoms with E-state index in [0.29, 0.717) is 23.3 Å². The van der Waals surface area contributed by atoms with Gasteiger partial charge >= 0.3 is 0 Å². The molecule has 8 heteroatoms. The molecule has 0 bridgehead atoms. The summed E-state index contributed by atoms with van der Waals surface area (Å²) in [5.74, 6) is 1.21. The minimum atomic E-state index is -0.0149. The van der Waals surface area contributed by atoms with Crippen molar-refractivity contribution >= 4 is 38.8 Å². The van der Waals surface area contributed by atoms with Gasteiger partial charge in [-0.25, -0.2) is 4.98 Å². The zero-order valence-electron chi connectivity index (χ0n) is 14.4. The first-order chi connectivity index (χ1) is 13.3. The molecule has 0 aliphatic carbocycles. The molecule has 0 radical (unpaired) electrons. The van der Waals surface area contributed by atoms with Crippen molar-refractivity contribution in [1.29, 1.82) is 0 Å². The average molecular weight is 396 g/mol. The van der Waals surface area contributed by atoms with Crippen molar-refractivity contribution < 1.29 is 9.21 Å². The van der Waals surface area contributed by atoms with Crippen LogP contribution in [0.4, 0.5) is 0 Å². The van der Waals surface area contributed by atoms with E-state index < -0.39 is 0 Å². The number of rotatable bonds is 3. The van der Waals surface area contributed by atoms with Crippen LogP contribution >= 0.6 is 22.7 Å². The third-order valence-electron chi connectivity index (χ3n) is 4.71. The molecular weight excluding hydrogens is 380 g/mol. The smallest absolute Gasteiger partial charge is 0.282 e. The number of fused-ring (bicyclic) bond motifs is 1. The highest BCUT2D eigenvalue weighted by Crippen LogP contribution is 2.31. The Labute approximate surface area is 163 Å². The number of amides is 1. The molecule has 1 aliphatic rings. The second-order valence-electron chi connectivity index (χ2n) is 6.50. The van der Waals surface area contributed by atoms with E-state index in [1.165, 1.54) is 11.3 Å². The van der Waals surface area contributed by atoms with Crippen LogP contribution in [0.25, 0.3) is 21.0 Å². The molecule has 3 aromatic heterocycles. The molecule has 1 atom stereocenters. The van der Waals surface area contributed by atoms with Crippen LogP contribution in [0.1, 0.15) is 34.5 Å². The molecule has 0 saturated carbocycles. The van der Waals surface area contributed by atoms with Gasteiger partial charge in [0.15, 0.2) is 5.01 Å². The third kappa shape index (κ3) is 3.15. The number of carbonyl (C=O) groups excluding carboxylic acids is 1. The minimum absolute atomic E-state index is 0.0149. The van der Waals surface area contributed by atoms with Gasteiger partial charge in [-0.05, 0) is 36.4 Å². The van der Waals surface area contributed by atoms with Gasteiger partial charge in [0.2, 0.25) is 5.89 Å². The number of hydrogen-bond donors (Lipinski definition) is 0. The standard InChI is InChI=1S/C19H16N4O2S2/c24-19(18-20-13-6-1-2-7-14(13)27-18)23-9-3-5-12(11-23)16-21-22-17(25-16)15-8-4-10-26-15/h1-2,4,6-8,10,12H,3,5,9,11H2/t12-/m0/s1. The fraction of sp³-hybridized carbons (Fsp3) is 0.263. The summed E-state index contributed by atoms with van der Waals surface area (Å²) in [7, 11) is 0. The molecule has 6 nitrogen and oxygen atoms in total. The van der Waals surface area contributed by atoms with Crippen molar-refractivity contribution in [3.05, 3.63) is 52.7 Å². The molecule has 1 amide bonds. The van der Waals surface area contributed by atoms with Crippen molar-refractivity contribution in [3.63, 3.8) is 0 Å². The summed E-state index contributed by atoms with van der Waals surface area (Å²) in [5.41, 5.74) is 0.872. The zero-order valence-corrected chi connectivity index (χ0v) is 16.0. The second kappa shape index (κ2) is 6.86. The number of carbonyl (C=O) groups is 1. The number of hydrogen-bond acceptors (Lipinski definition) is 7. The van der Waals surface area contributed by atoms with Gasteiger partial charge in [0.1, 0.15) is 0 Å². The van der Waals surface area contributed by atoms with Gasteiger partial charge in [0.05, 0.1) is 21.0 Å². The number of benzene rings is 1. The number of nitrogens with zero attached hydrogens (tertiary/aromatic N) is 4. The lowest BCUT2D eigenvalue weighted by Crippen LogP contribution is -2.39. The van der Waals surface area contributed by atoms with Crippen molar-refractivity contribution in [2.75, 3.05) is 13.1 Å². The lowest BCUT2D eigenvalue weighted by Gasteiger charge is -2.30. The molecule has 1 fully saturated rings. The molecule has 5 rings (SSSR count). The van der Waals surface area contributed by atoms with E-state index in [9.17, 15) is 4.79 Å². The van der Waals surface area contributed by atoms with E-state index in [0.717, 1.165) is 34.5 Å². The summed E-state index contributed by atoms with van der Waals surface area (Å²) in [6, 6.07) is 11.8. The van der Waals surface area contributed by atoms with E-state index in [-0.39, 0.29) is 11.8 Å². The Morgan fingerprint density at radius 3 is 2.96 bits per heavy atom. The largest absolute Gasteiger partial charge is 0.420 e. The Balaban J connectivity index is 1.35. The van der Waals surface area contributed by atoms with Crippen molar-refractivity contribution in [2.24, 2.45) is 0 Å². The number of piperidine rings is 1. The first kappa shape index (κ1) is 16.6. The van der Waals surface area contributed by atoms with Crippen molar-refractivity contribution in [2.45, 2.75) is 18.8 Å². The molecule has 0 N–H and O–H groups in total. The van der Waals surface area contributed by atoms with E-state index >= 15 is 0 Å². The average Bonchev–Trinajstić information content (AvgIpc) is 3.47. The van der Waals surface area contributed by atoms with Crippen LogP contribution in [0.2, 0.25) is 0 Å². The molecule has 1 aliphatic heterocycles. The fourth-order valence-electron chi connectivity index (χ4n) is 3.36. The van der Waals surface area contributed by atoms with Gasteiger partial charge in [-0.1, -0.05) is 18.2 Å². The SMILES string of the molecule is O=C(c1nc2ccccc2s1)N1CCC[C@H](c2nnc(-c3cccs3)o2)C1. The van der Waals surface area contributed by atoms with Crippen molar-refractivity contribution in [1.82, 2.24) is 20.1 Å². The highest BCUT2D eigenvalue weighted by atomic mass is 32.1. The van der Waals surface area contributed by atoms with Crippen LogP contribution in [-0.2, 0) is 0 Å². The highest BCUT2D eigenvalue weighted by Gasteiger charge is 2.30. The molecule has 0 spiro atoms. The molecule has 4 heterocycles. The van der Waals surface area contributed by atoms with E-state index in [1.54, 1.807) is 11.3 Å². The second-order valence-corrected chi connectivity index (χ2v) is 8.48. The third-order valence-corrected chi connectivity index (χ3v) is 6.59. The zero-order chi connectivity index (χ0) is 18.2. The van der Waals surface area contributed by atoms with Crippen LogP contribution in [0.15, 0.2) is 46.2 Å². The monoisotopic (exact) mass is 396 g/mol. The molecular formula is C19H16N4O2S2. The Morgan fingerprint density at radius 2 is 2.11 bits per heavy atom. The van der Waals surface area contributed by atoms with Gasteiger partial charge in [-0.2, -0.15) is 0 Å². The Hall–Kier alpha value is -2.58. The predicted molar refractivity (Wildman–Crippen MR) is 105 cm³/mol. The lowest BCUT2D eigenvalue weighted by atomic mass is 9.98. The number of thiophene rings is 1. The van der Waals surface area contributed by atoms with Crippen molar-refractivity contribution in [3.8, 4) is 10.8 Å². The maximum Gasteiger partial charge on any atom is 0.282 e. The molecule has 1 aromatic carbocycles. The van der Waals surface area contributed by atoms with E-state index in [2.05, 4.69) is 15.2 Å². The van der Waals surface area contributed by atoms with Crippen LogP contribution in [0.3, 0.4) is 0 Å². The summed E-state index contributed by atoms with van der Waals surface area (Å²) >= 11 is 3.02. The number of para-hydroxylation sites is 1. The van der Waals surface area contributed by atoms with Gasteiger partial charge in [0.25, 0.3) is 11.8 Å². The van der Waals surface area contributed by atoms with Crippen LogP contribution in [0, 0.1) is 0 Å². The summed E-state index contributed by atoms with van der Waals surface area (Å²) in [4.78, 5) is 20.3. The van der Waals surface area contributed by atoms with Gasteiger partial charge < -0.3 is 9.32 Å². The van der Waals surface area contributed by atoms with E-state index in [4.69, 9.17) is 4.42 Å². The van der Waals surface area contributed by atoms with Crippen LogP contribution in [-0.4, -0.2) is 39.1 Å². The lowest BCUT2D eigenvalue weighted by molar-refractivity contribution is 0.0698. The Morgan fingerprint density at radius 1 is 1.19 bits per heavy atom. The van der Waals surface area contributed by atoms with Crippen LogP contribution in [0.5, 0.6) is 0 Å². The summed E-state index contributed by atoms with van der Waals surface area (Å²) in [5, 5.41) is 10.9. The highest BCUT2D eigenvalue weighted by molar-refractivity contribution is 7.20. The van der Waals surface area contributed by atoms with Gasteiger partial charge in [-0.3, -0.25) is 4.79 Å². The topological polar surface area (TPSA) is 72.1 Å². The molecule has 136 valence electrons. The Kier molecular flexibility index (Phi) is 4.21. The normalized spacial score (nSPS) is 17.5. The van der Waals surface area contributed by atoms with Gasteiger partial charge in [0, 0.05) is 13.1 Å². The first-order valence-electron chi connectivity index (χ1n) is 8.80. The fourth-order valence-corrected chi connectivity index (χ4v) is 4.94. The number of likely N-dealkylation sites (tertiary alicyclic amines) is 1. The Bertz CT molecular complexity index is 1050. The number of thiazole rings is 1. The quantitative estimate of drug-likeness (QED) is 0.512. The summed E-state index contributed by atoms with van der Waals surface area (Å²) in [6.45, 7) is 1.32. The van der Waals surface area contributed by atoms with Crippen LogP contribution < -0.4 is 0 Å².